The average Bonchev–Trinajstić information content (AvgIpc) is 3.05. The van der Waals surface area contributed by atoms with Crippen molar-refractivity contribution in [3.8, 4) is 5.75 Å². The number of hydrogen-bond acceptors (Lipinski definition) is 5. The normalized spacial score (nSPS) is 12.4. The highest BCUT2D eigenvalue weighted by Crippen LogP contribution is 2.28. The van der Waals surface area contributed by atoms with Crippen molar-refractivity contribution in [2.24, 2.45) is 0 Å². The molecule has 0 atom stereocenters. The first-order valence-corrected chi connectivity index (χ1v) is 7.37. The summed E-state index contributed by atoms with van der Waals surface area (Å²) >= 11 is 0. The van der Waals surface area contributed by atoms with Gasteiger partial charge in [-0.25, -0.2) is 5.43 Å². The van der Waals surface area contributed by atoms with Crippen molar-refractivity contribution >= 4 is 17.3 Å². The van der Waals surface area contributed by atoms with E-state index in [1.807, 2.05) is 42.5 Å². The molecule has 6 heteroatoms. The van der Waals surface area contributed by atoms with Gasteiger partial charge in [0.05, 0.1) is 25.1 Å². The smallest absolute Gasteiger partial charge is 0.250 e. The number of para-hydroxylation sites is 1. The van der Waals surface area contributed by atoms with Gasteiger partial charge in [0, 0.05) is 6.54 Å². The van der Waals surface area contributed by atoms with E-state index in [1.54, 1.807) is 7.11 Å². The molecule has 0 fully saturated rings. The molecule has 1 aliphatic heterocycles. The molecule has 3 N–H and O–H groups in total. The number of benzene rings is 2. The van der Waals surface area contributed by atoms with E-state index in [2.05, 4.69) is 16.2 Å². The van der Waals surface area contributed by atoms with Crippen LogP contribution in [-0.2, 0) is 22.7 Å². The number of rotatable bonds is 6. The first-order valence-electron chi connectivity index (χ1n) is 7.37. The van der Waals surface area contributed by atoms with E-state index in [0.717, 1.165) is 34.8 Å². The Hall–Kier alpha value is -2.57. The summed E-state index contributed by atoms with van der Waals surface area (Å²) in [4.78, 5) is 12.0. The fourth-order valence-corrected chi connectivity index (χ4v) is 2.44. The van der Waals surface area contributed by atoms with Crippen molar-refractivity contribution in [1.82, 2.24) is 5.43 Å². The minimum absolute atomic E-state index is 0.00565. The molecule has 1 heterocycles. The van der Waals surface area contributed by atoms with E-state index in [4.69, 9.17) is 9.47 Å². The molecule has 6 nitrogen and oxygen atoms in total. The topological polar surface area (TPSA) is 71.6 Å². The Bertz CT molecular complexity index is 703. The van der Waals surface area contributed by atoms with Gasteiger partial charge in [-0.3, -0.25) is 4.79 Å². The second-order valence-electron chi connectivity index (χ2n) is 5.21. The fourth-order valence-electron chi connectivity index (χ4n) is 2.44. The maximum Gasteiger partial charge on any atom is 0.250 e. The van der Waals surface area contributed by atoms with Crippen LogP contribution in [-0.4, -0.2) is 19.6 Å². The number of carbonyl (C=O) groups excluding carboxylic acids is 1. The molecule has 0 spiro atoms. The molecule has 2 aromatic carbocycles. The maximum atomic E-state index is 12.0. The fraction of sp³-hybridized carbons (Fsp3) is 0.235. The van der Waals surface area contributed by atoms with Crippen molar-refractivity contribution in [3.05, 3.63) is 53.6 Å². The zero-order valence-electron chi connectivity index (χ0n) is 12.9. The first-order chi connectivity index (χ1) is 11.3. The van der Waals surface area contributed by atoms with Gasteiger partial charge in [0.1, 0.15) is 12.4 Å². The SMILES string of the molecule is COc1cccc(COCC(=O)Nc2cccc3c2NNC3)c1. The van der Waals surface area contributed by atoms with E-state index in [-0.39, 0.29) is 12.5 Å². The van der Waals surface area contributed by atoms with Crippen LogP contribution in [0.3, 0.4) is 0 Å². The maximum absolute atomic E-state index is 12.0. The zero-order valence-corrected chi connectivity index (χ0v) is 12.9. The number of hydrogen-bond donors (Lipinski definition) is 3. The quantitative estimate of drug-likeness (QED) is 0.763. The van der Waals surface area contributed by atoms with Gasteiger partial charge >= 0.3 is 0 Å². The van der Waals surface area contributed by atoms with Gasteiger partial charge in [-0.05, 0) is 29.3 Å². The summed E-state index contributed by atoms with van der Waals surface area (Å²) in [5.74, 6) is 0.587. The predicted octanol–water partition coefficient (Wildman–Crippen LogP) is 2.28. The van der Waals surface area contributed by atoms with E-state index in [0.29, 0.717) is 6.61 Å². The number of anilines is 2. The highest BCUT2D eigenvalue weighted by molar-refractivity contribution is 5.95. The Morgan fingerprint density at radius 1 is 1.26 bits per heavy atom. The van der Waals surface area contributed by atoms with Crippen LogP contribution in [0.2, 0.25) is 0 Å². The molecule has 120 valence electrons. The molecule has 0 saturated carbocycles. The first kappa shape index (κ1) is 15.3. The van der Waals surface area contributed by atoms with Crippen LogP contribution in [0, 0.1) is 0 Å². The Balaban J connectivity index is 1.51. The van der Waals surface area contributed by atoms with Crippen LogP contribution in [0.1, 0.15) is 11.1 Å². The highest BCUT2D eigenvalue weighted by Gasteiger charge is 2.14. The lowest BCUT2D eigenvalue weighted by molar-refractivity contribution is -0.121. The number of amides is 1. The molecule has 0 aromatic heterocycles. The monoisotopic (exact) mass is 313 g/mol. The van der Waals surface area contributed by atoms with Crippen molar-refractivity contribution in [2.75, 3.05) is 24.5 Å². The van der Waals surface area contributed by atoms with E-state index in [1.165, 1.54) is 0 Å². The van der Waals surface area contributed by atoms with Crippen LogP contribution in [0.4, 0.5) is 11.4 Å². The number of methoxy groups -OCH3 is 1. The summed E-state index contributed by atoms with van der Waals surface area (Å²) < 4.78 is 10.6. The Labute approximate surface area is 134 Å². The van der Waals surface area contributed by atoms with Gasteiger partial charge in [0.15, 0.2) is 0 Å². The minimum Gasteiger partial charge on any atom is -0.497 e. The third kappa shape index (κ3) is 3.80. The lowest BCUT2D eigenvalue weighted by Gasteiger charge is -2.10. The number of carbonyl (C=O) groups is 1. The van der Waals surface area contributed by atoms with Crippen molar-refractivity contribution in [3.63, 3.8) is 0 Å². The predicted molar refractivity (Wildman–Crippen MR) is 88.2 cm³/mol. The molecule has 1 amide bonds. The van der Waals surface area contributed by atoms with Crippen molar-refractivity contribution in [1.29, 1.82) is 0 Å². The molecular weight excluding hydrogens is 294 g/mol. The molecule has 23 heavy (non-hydrogen) atoms. The van der Waals surface area contributed by atoms with Gasteiger partial charge in [0.25, 0.3) is 0 Å². The van der Waals surface area contributed by atoms with Crippen molar-refractivity contribution in [2.45, 2.75) is 13.2 Å². The summed E-state index contributed by atoms with van der Waals surface area (Å²) in [6.45, 7) is 1.09. The van der Waals surface area contributed by atoms with Gasteiger partial charge < -0.3 is 20.2 Å². The molecule has 0 bridgehead atoms. The zero-order chi connectivity index (χ0) is 16.1. The molecule has 0 saturated heterocycles. The lowest BCUT2D eigenvalue weighted by Crippen LogP contribution is -2.19. The van der Waals surface area contributed by atoms with Crippen LogP contribution in [0.25, 0.3) is 0 Å². The number of hydrazine groups is 1. The lowest BCUT2D eigenvalue weighted by atomic mass is 10.1. The molecule has 2 aromatic rings. The van der Waals surface area contributed by atoms with Crippen LogP contribution >= 0.6 is 0 Å². The van der Waals surface area contributed by atoms with E-state index in [9.17, 15) is 4.79 Å². The van der Waals surface area contributed by atoms with Crippen LogP contribution < -0.4 is 20.9 Å². The third-order valence-electron chi connectivity index (χ3n) is 3.55. The molecular formula is C17H19N3O3. The molecule has 0 radical (unpaired) electrons. The molecule has 0 unspecified atom stereocenters. The average molecular weight is 313 g/mol. The summed E-state index contributed by atoms with van der Waals surface area (Å²) in [7, 11) is 1.62. The van der Waals surface area contributed by atoms with Crippen LogP contribution in [0.15, 0.2) is 42.5 Å². The van der Waals surface area contributed by atoms with Gasteiger partial charge in [-0.1, -0.05) is 24.3 Å². The Kier molecular flexibility index (Phi) is 4.75. The summed E-state index contributed by atoms with van der Waals surface area (Å²) in [5.41, 5.74) is 9.83. The standard InChI is InChI=1S/C17H19N3O3/c1-22-14-6-2-4-12(8-14)10-23-11-16(21)19-15-7-3-5-13-9-18-20-17(13)15/h2-8,18,20H,9-11H2,1H3,(H,19,21). The van der Waals surface area contributed by atoms with Crippen LogP contribution in [0.5, 0.6) is 5.75 Å². The minimum atomic E-state index is -0.185. The molecule has 1 aliphatic rings. The third-order valence-corrected chi connectivity index (χ3v) is 3.55. The van der Waals surface area contributed by atoms with Gasteiger partial charge in [0.2, 0.25) is 5.91 Å². The second kappa shape index (κ2) is 7.13. The summed E-state index contributed by atoms with van der Waals surface area (Å²) in [5, 5.41) is 2.86. The van der Waals surface area contributed by atoms with E-state index < -0.39 is 0 Å². The van der Waals surface area contributed by atoms with Gasteiger partial charge in [-0.15, -0.1) is 0 Å². The Morgan fingerprint density at radius 2 is 2.13 bits per heavy atom. The molecule has 0 aliphatic carbocycles. The van der Waals surface area contributed by atoms with E-state index >= 15 is 0 Å². The number of ether oxygens (including phenoxy) is 2. The summed E-state index contributed by atoms with van der Waals surface area (Å²) in [6.07, 6.45) is 0. The number of nitrogens with one attached hydrogen (secondary N) is 3. The Morgan fingerprint density at radius 3 is 3.00 bits per heavy atom. The largest absolute Gasteiger partial charge is 0.497 e. The number of fused-ring (bicyclic) bond motifs is 1. The highest BCUT2D eigenvalue weighted by atomic mass is 16.5. The van der Waals surface area contributed by atoms with Gasteiger partial charge in [-0.2, -0.15) is 0 Å². The summed E-state index contributed by atoms with van der Waals surface area (Å²) in [6, 6.07) is 13.4. The van der Waals surface area contributed by atoms with Crippen molar-refractivity contribution < 1.29 is 14.3 Å². The second-order valence-corrected chi connectivity index (χ2v) is 5.21. The molecule has 3 rings (SSSR count).